The summed E-state index contributed by atoms with van der Waals surface area (Å²) >= 11 is 0. The maximum Gasteiger partial charge on any atom is 0.251 e. The average Bonchev–Trinajstić information content (AvgIpc) is 3.33. The van der Waals surface area contributed by atoms with Gasteiger partial charge in [-0.2, -0.15) is 5.10 Å². The van der Waals surface area contributed by atoms with E-state index in [1.807, 2.05) is 24.4 Å². The SMILES string of the molecule is CC(C)c1cnn2ccc(-c3nc(Cc4ccc(N5CCC(NC6CC(F)(F)C6)CC5=O)cn4)ncc3F)cc12. The van der Waals surface area contributed by atoms with Crippen molar-refractivity contribution in [3.8, 4) is 11.3 Å². The Morgan fingerprint density at radius 3 is 2.62 bits per heavy atom. The third-order valence-electron chi connectivity index (χ3n) is 7.69. The summed E-state index contributed by atoms with van der Waals surface area (Å²) in [6.07, 6.45) is 7.36. The van der Waals surface area contributed by atoms with Crippen molar-refractivity contribution in [3.63, 3.8) is 0 Å². The van der Waals surface area contributed by atoms with Gasteiger partial charge in [0.1, 0.15) is 11.5 Å². The number of carbonyl (C=O) groups is 1. The van der Waals surface area contributed by atoms with Crippen LogP contribution in [-0.2, 0) is 11.2 Å². The molecular weight excluding hydrogens is 519 g/mol. The van der Waals surface area contributed by atoms with Gasteiger partial charge in [-0.25, -0.2) is 27.7 Å². The molecule has 0 spiro atoms. The van der Waals surface area contributed by atoms with Crippen molar-refractivity contribution in [1.29, 1.82) is 0 Å². The first-order chi connectivity index (χ1) is 19.1. The minimum atomic E-state index is -2.58. The van der Waals surface area contributed by atoms with Gasteiger partial charge in [0.15, 0.2) is 5.82 Å². The predicted octanol–water partition coefficient (Wildman–Crippen LogP) is 4.92. The lowest BCUT2D eigenvalue weighted by atomic mass is 9.87. The number of alkyl halides is 2. The lowest BCUT2D eigenvalue weighted by Gasteiger charge is -2.40. The molecule has 2 aliphatic rings. The Hall–Kier alpha value is -3.86. The highest BCUT2D eigenvalue weighted by atomic mass is 19.3. The van der Waals surface area contributed by atoms with Crippen LogP contribution in [0.2, 0.25) is 0 Å². The second-order valence-corrected chi connectivity index (χ2v) is 11.0. The van der Waals surface area contributed by atoms with Crippen LogP contribution < -0.4 is 10.2 Å². The first-order valence-electron chi connectivity index (χ1n) is 13.5. The van der Waals surface area contributed by atoms with Crippen LogP contribution in [-0.4, -0.2) is 55.0 Å². The molecule has 1 N–H and O–H groups in total. The van der Waals surface area contributed by atoms with E-state index in [0.29, 0.717) is 42.2 Å². The second kappa shape index (κ2) is 10.3. The van der Waals surface area contributed by atoms with Gasteiger partial charge < -0.3 is 10.2 Å². The summed E-state index contributed by atoms with van der Waals surface area (Å²) in [5, 5.41) is 7.57. The van der Waals surface area contributed by atoms with E-state index in [1.54, 1.807) is 27.9 Å². The molecule has 8 nitrogen and oxygen atoms in total. The molecule has 4 aromatic rings. The van der Waals surface area contributed by atoms with Crippen molar-refractivity contribution in [2.45, 2.75) is 69.9 Å². The molecule has 0 bridgehead atoms. The number of anilines is 1. The lowest BCUT2D eigenvalue weighted by Crippen LogP contribution is -2.55. The smallest absolute Gasteiger partial charge is 0.251 e. The van der Waals surface area contributed by atoms with Gasteiger partial charge >= 0.3 is 0 Å². The Bertz CT molecular complexity index is 1550. The van der Waals surface area contributed by atoms with Gasteiger partial charge in [-0.1, -0.05) is 13.8 Å². The van der Waals surface area contributed by atoms with Crippen LogP contribution in [0.1, 0.15) is 62.5 Å². The third kappa shape index (κ3) is 5.30. The molecule has 4 aromatic heterocycles. The zero-order valence-electron chi connectivity index (χ0n) is 22.3. The minimum absolute atomic E-state index is 0.0633. The highest BCUT2D eigenvalue weighted by Gasteiger charge is 2.46. The summed E-state index contributed by atoms with van der Waals surface area (Å²) in [5.74, 6) is -2.45. The number of hydrogen-bond donors (Lipinski definition) is 1. The van der Waals surface area contributed by atoms with Crippen LogP contribution in [0, 0.1) is 5.82 Å². The summed E-state index contributed by atoms with van der Waals surface area (Å²) in [5.41, 5.74) is 4.20. The van der Waals surface area contributed by atoms with Gasteiger partial charge in [0, 0.05) is 60.9 Å². The van der Waals surface area contributed by atoms with Crippen molar-refractivity contribution in [2.75, 3.05) is 11.4 Å². The first-order valence-corrected chi connectivity index (χ1v) is 13.5. The maximum atomic E-state index is 14.8. The normalized spacial score (nSPS) is 19.4. The summed E-state index contributed by atoms with van der Waals surface area (Å²) < 4.78 is 42.8. The second-order valence-electron chi connectivity index (χ2n) is 11.0. The Morgan fingerprint density at radius 2 is 1.93 bits per heavy atom. The van der Waals surface area contributed by atoms with Crippen molar-refractivity contribution < 1.29 is 18.0 Å². The van der Waals surface area contributed by atoms with Crippen LogP contribution in [0.25, 0.3) is 16.8 Å². The predicted molar refractivity (Wildman–Crippen MR) is 144 cm³/mol. The number of halogens is 3. The van der Waals surface area contributed by atoms with E-state index >= 15 is 0 Å². The largest absolute Gasteiger partial charge is 0.311 e. The number of pyridine rings is 2. The monoisotopic (exact) mass is 549 g/mol. The van der Waals surface area contributed by atoms with Gasteiger partial charge in [0.2, 0.25) is 5.91 Å². The van der Waals surface area contributed by atoms with E-state index in [9.17, 15) is 18.0 Å². The minimum Gasteiger partial charge on any atom is -0.311 e. The van der Waals surface area contributed by atoms with Gasteiger partial charge in [-0.3, -0.25) is 9.78 Å². The molecule has 1 saturated carbocycles. The quantitative estimate of drug-likeness (QED) is 0.352. The summed E-state index contributed by atoms with van der Waals surface area (Å²) in [6, 6.07) is 7.00. The average molecular weight is 550 g/mol. The van der Waals surface area contributed by atoms with E-state index < -0.39 is 11.7 Å². The Labute approximate surface area is 229 Å². The fraction of sp³-hybridized carbons (Fsp3) is 0.414. The van der Waals surface area contributed by atoms with E-state index in [1.165, 1.54) is 6.20 Å². The number of nitrogens with zero attached hydrogens (tertiary/aromatic N) is 6. The van der Waals surface area contributed by atoms with E-state index in [2.05, 4.69) is 39.2 Å². The van der Waals surface area contributed by atoms with Crippen LogP contribution >= 0.6 is 0 Å². The highest BCUT2D eigenvalue weighted by Crippen LogP contribution is 2.38. The first kappa shape index (κ1) is 26.4. The van der Waals surface area contributed by atoms with Crippen LogP contribution in [0.5, 0.6) is 0 Å². The molecule has 11 heteroatoms. The third-order valence-corrected chi connectivity index (χ3v) is 7.69. The van der Waals surface area contributed by atoms with Crippen LogP contribution in [0.4, 0.5) is 18.9 Å². The molecule has 1 aliphatic heterocycles. The van der Waals surface area contributed by atoms with Crippen LogP contribution in [0.3, 0.4) is 0 Å². The molecule has 208 valence electrons. The molecule has 1 saturated heterocycles. The molecule has 6 rings (SSSR count). The number of aromatic nitrogens is 5. The summed E-state index contributed by atoms with van der Waals surface area (Å²) in [7, 11) is 0. The lowest BCUT2D eigenvalue weighted by molar-refractivity contribution is -0.121. The zero-order chi connectivity index (χ0) is 28.0. The van der Waals surface area contributed by atoms with Crippen molar-refractivity contribution in [2.24, 2.45) is 0 Å². The molecule has 1 amide bonds. The fourth-order valence-corrected chi connectivity index (χ4v) is 5.49. The van der Waals surface area contributed by atoms with Gasteiger partial charge in [0.25, 0.3) is 5.92 Å². The van der Waals surface area contributed by atoms with Gasteiger partial charge in [0.05, 0.1) is 36.2 Å². The summed E-state index contributed by atoms with van der Waals surface area (Å²) in [4.78, 5) is 27.6. The van der Waals surface area contributed by atoms with E-state index in [4.69, 9.17) is 0 Å². The molecule has 1 unspecified atom stereocenters. The number of fused-ring (bicyclic) bond motifs is 1. The standard InChI is InChI=1S/C29H30F3N7O/c1-17(2)23-15-35-39-8-5-18(9-25(23)39)28-24(30)16-34-26(37-28)10-19-3-4-22(14-33-19)38-7-6-20(11-27(38)40)36-21-12-29(31,32)13-21/h3-5,8-9,14-17,20-21,36H,6-7,10-13H2,1-2H3. The number of nitrogens with one attached hydrogen (secondary N) is 1. The number of piperidine rings is 1. The zero-order valence-corrected chi connectivity index (χ0v) is 22.3. The summed E-state index contributed by atoms with van der Waals surface area (Å²) in [6.45, 7) is 4.66. The maximum absolute atomic E-state index is 14.8. The molecule has 2 fully saturated rings. The van der Waals surface area contributed by atoms with Crippen molar-refractivity contribution in [1.82, 2.24) is 29.9 Å². The molecule has 1 aliphatic carbocycles. The van der Waals surface area contributed by atoms with Gasteiger partial charge in [-0.05, 0) is 36.6 Å². The molecular formula is C29H30F3N7O. The molecule has 1 atom stereocenters. The van der Waals surface area contributed by atoms with Crippen LogP contribution in [0.15, 0.2) is 49.1 Å². The highest BCUT2D eigenvalue weighted by molar-refractivity contribution is 5.94. The number of carbonyl (C=O) groups excluding carboxylic acids is 1. The molecule has 0 aromatic carbocycles. The molecule has 40 heavy (non-hydrogen) atoms. The van der Waals surface area contributed by atoms with Gasteiger partial charge in [-0.15, -0.1) is 0 Å². The Balaban J connectivity index is 1.12. The molecule has 5 heterocycles. The Kier molecular flexibility index (Phi) is 6.77. The van der Waals surface area contributed by atoms with E-state index in [0.717, 1.165) is 11.1 Å². The van der Waals surface area contributed by atoms with E-state index in [-0.39, 0.29) is 48.9 Å². The fourth-order valence-electron chi connectivity index (χ4n) is 5.49. The number of amides is 1. The number of hydrogen-bond acceptors (Lipinski definition) is 6. The molecule has 0 radical (unpaired) electrons. The van der Waals surface area contributed by atoms with Crippen molar-refractivity contribution >= 4 is 17.1 Å². The Morgan fingerprint density at radius 1 is 1.10 bits per heavy atom. The van der Waals surface area contributed by atoms with Crippen molar-refractivity contribution in [3.05, 3.63) is 72.0 Å². The number of rotatable bonds is 7. The topological polar surface area (TPSA) is 88.3 Å².